The molecule has 2 rings (SSSR count). The van der Waals surface area contributed by atoms with Crippen LogP contribution in [-0.2, 0) is 0 Å². The first-order valence-corrected chi connectivity index (χ1v) is 7.21. The Morgan fingerprint density at radius 3 is 2.78 bits per heavy atom. The van der Waals surface area contributed by atoms with E-state index in [1.807, 2.05) is 6.07 Å². The van der Waals surface area contributed by atoms with Gasteiger partial charge in [-0.1, -0.05) is 6.42 Å². The maximum atomic E-state index is 5.55. The first kappa shape index (κ1) is 13.6. The smallest absolute Gasteiger partial charge is 0.120 e. The van der Waals surface area contributed by atoms with E-state index in [0.29, 0.717) is 18.1 Å². The van der Waals surface area contributed by atoms with Crippen LogP contribution in [0.2, 0.25) is 0 Å². The Morgan fingerprint density at radius 1 is 1.39 bits per heavy atom. The van der Waals surface area contributed by atoms with Gasteiger partial charge in [0.05, 0.1) is 12.3 Å². The Balaban J connectivity index is 1.98. The second-order valence-corrected chi connectivity index (χ2v) is 5.63. The van der Waals surface area contributed by atoms with Crippen LogP contribution in [0.4, 0.5) is 0 Å². The maximum absolute atomic E-state index is 5.55. The maximum Gasteiger partial charge on any atom is 0.120 e. The van der Waals surface area contributed by atoms with E-state index in [1.54, 1.807) is 6.26 Å². The van der Waals surface area contributed by atoms with Crippen LogP contribution in [-0.4, -0.2) is 30.1 Å². The normalized spacial score (nSPS) is 22.6. The molecule has 2 unspecified atom stereocenters. The molecule has 1 saturated heterocycles. The largest absolute Gasteiger partial charge is 0.468 e. The van der Waals surface area contributed by atoms with Gasteiger partial charge < -0.3 is 9.73 Å². The Morgan fingerprint density at radius 2 is 2.22 bits per heavy atom. The number of hydrogen-bond donors (Lipinski definition) is 1. The van der Waals surface area contributed by atoms with Gasteiger partial charge in [-0.15, -0.1) is 0 Å². The number of hydrogen-bond acceptors (Lipinski definition) is 3. The topological polar surface area (TPSA) is 28.4 Å². The van der Waals surface area contributed by atoms with Crippen LogP contribution in [0.25, 0.3) is 0 Å². The number of piperidine rings is 1. The summed E-state index contributed by atoms with van der Waals surface area (Å²) in [6.45, 7) is 9.05. The summed E-state index contributed by atoms with van der Waals surface area (Å²) in [5, 5.41) is 3.63. The van der Waals surface area contributed by atoms with E-state index in [0.717, 1.165) is 12.3 Å². The molecule has 0 amide bonds. The van der Waals surface area contributed by atoms with Gasteiger partial charge in [-0.25, -0.2) is 0 Å². The van der Waals surface area contributed by atoms with Crippen molar-refractivity contribution in [1.82, 2.24) is 10.2 Å². The fourth-order valence-corrected chi connectivity index (χ4v) is 2.84. The van der Waals surface area contributed by atoms with Crippen LogP contribution in [0.1, 0.15) is 51.8 Å². The van der Waals surface area contributed by atoms with Crippen molar-refractivity contribution in [2.75, 3.05) is 13.1 Å². The Kier molecular flexibility index (Phi) is 4.84. The summed E-state index contributed by atoms with van der Waals surface area (Å²) in [6, 6.07) is 5.58. The van der Waals surface area contributed by atoms with Crippen molar-refractivity contribution in [3.05, 3.63) is 24.2 Å². The molecule has 1 fully saturated rings. The molecule has 0 saturated carbocycles. The van der Waals surface area contributed by atoms with Gasteiger partial charge in [0.15, 0.2) is 0 Å². The third-order valence-corrected chi connectivity index (χ3v) is 3.96. The van der Waals surface area contributed by atoms with Crippen molar-refractivity contribution in [1.29, 1.82) is 0 Å². The fourth-order valence-electron chi connectivity index (χ4n) is 2.84. The lowest BCUT2D eigenvalue weighted by Gasteiger charge is -2.36. The zero-order valence-corrected chi connectivity index (χ0v) is 11.9. The molecule has 1 aliphatic heterocycles. The molecule has 1 N–H and O–H groups in total. The summed E-state index contributed by atoms with van der Waals surface area (Å²) in [5.41, 5.74) is 0. The second-order valence-electron chi connectivity index (χ2n) is 5.63. The third kappa shape index (κ3) is 3.36. The molecule has 3 heteroatoms. The summed E-state index contributed by atoms with van der Waals surface area (Å²) < 4.78 is 5.55. The highest BCUT2D eigenvalue weighted by Gasteiger charge is 2.24. The molecule has 2 heterocycles. The van der Waals surface area contributed by atoms with Gasteiger partial charge in [0.1, 0.15) is 5.76 Å². The van der Waals surface area contributed by atoms with Crippen LogP contribution in [0.3, 0.4) is 0 Å². The molecule has 1 aliphatic rings. The molecule has 0 aliphatic carbocycles. The molecule has 18 heavy (non-hydrogen) atoms. The van der Waals surface area contributed by atoms with Crippen LogP contribution in [0.5, 0.6) is 0 Å². The summed E-state index contributed by atoms with van der Waals surface area (Å²) in [4.78, 5) is 2.53. The second kappa shape index (κ2) is 6.39. The molecule has 1 aromatic rings. The first-order valence-electron chi connectivity index (χ1n) is 7.21. The average Bonchev–Trinajstić information content (AvgIpc) is 2.90. The van der Waals surface area contributed by atoms with Crippen molar-refractivity contribution in [3.63, 3.8) is 0 Å². The molecule has 1 aromatic heterocycles. The van der Waals surface area contributed by atoms with Gasteiger partial charge in [-0.3, -0.25) is 4.90 Å². The fraction of sp³-hybridized carbons (Fsp3) is 0.733. The number of nitrogens with one attached hydrogen (secondary N) is 1. The monoisotopic (exact) mass is 250 g/mol. The van der Waals surface area contributed by atoms with Crippen LogP contribution in [0.15, 0.2) is 22.8 Å². The number of nitrogens with zero attached hydrogens (tertiary/aromatic N) is 1. The third-order valence-electron chi connectivity index (χ3n) is 3.96. The van der Waals surface area contributed by atoms with Crippen molar-refractivity contribution in [3.8, 4) is 0 Å². The summed E-state index contributed by atoms with van der Waals surface area (Å²) in [5.74, 6) is 1.07. The van der Waals surface area contributed by atoms with Gasteiger partial charge >= 0.3 is 0 Å². The molecule has 0 radical (unpaired) electrons. The van der Waals surface area contributed by atoms with E-state index < -0.39 is 0 Å². The standard InChI is InChI=1S/C15H26N2O/c1-12(2)17(11-14-7-4-5-9-16-14)13(3)15-8-6-10-18-15/h6,8,10,12-14,16H,4-5,7,9,11H2,1-3H3. The van der Waals surface area contributed by atoms with Crippen molar-refractivity contribution < 1.29 is 4.42 Å². The molecule has 102 valence electrons. The highest BCUT2D eigenvalue weighted by molar-refractivity contribution is 5.04. The number of rotatable bonds is 5. The van der Waals surface area contributed by atoms with Crippen LogP contribution < -0.4 is 5.32 Å². The summed E-state index contributed by atoms with van der Waals surface area (Å²) in [7, 11) is 0. The molecule has 0 spiro atoms. The molecule has 2 atom stereocenters. The summed E-state index contributed by atoms with van der Waals surface area (Å²) >= 11 is 0. The van der Waals surface area contributed by atoms with E-state index in [9.17, 15) is 0 Å². The lowest BCUT2D eigenvalue weighted by molar-refractivity contribution is 0.124. The average molecular weight is 250 g/mol. The first-order chi connectivity index (χ1) is 8.68. The molecular weight excluding hydrogens is 224 g/mol. The van der Waals surface area contributed by atoms with Crippen molar-refractivity contribution >= 4 is 0 Å². The van der Waals surface area contributed by atoms with Gasteiger partial charge in [-0.05, 0) is 52.3 Å². The van der Waals surface area contributed by atoms with Crippen molar-refractivity contribution in [2.45, 2.75) is 58.2 Å². The minimum absolute atomic E-state index is 0.351. The van der Waals surface area contributed by atoms with Gasteiger partial charge in [0, 0.05) is 18.6 Å². The quantitative estimate of drug-likeness (QED) is 0.870. The van der Waals surface area contributed by atoms with E-state index in [-0.39, 0.29) is 0 Å². The predicted octanol–water partition coefficient (Wildman–Crippen LogP) is 3.19. The minimum atomic E-state index is 0.351. The van der Waals surface area contributed by atoms with Crippen LogP contribution >= 0.6 is 0 Å². The zero-order chi connectivity index (χ0) is 13.0. The van der Waals surface area contributed by atoms with E-state index in [2.05, 4.69) is 37.1 Å². The summed E-state index contributed by atoms with van der Waals surface area (Å²) in [6.07, 6.45) is 5.75. The van der Waals surface area contributed by atoms with E-state index in [4.69, 9.17) is 4.42 Å². The van der Waals surface area contributed by atoms with E-state index in [1.165, 1.54) is 25.8 Å². The van der Waals surface area contributed by atoms with Gasteiger partial charge in [0.25, 0.3) is 0 Å². The molecule has 0 aromatic carbocycles. The lowest BCUT2D eigenvalue weighted by atomic mass is 10.0. The van der Waals surface area contributed by atoms with Gasteiger partial charge in [-0.2, -0.15) is 0 Å². The highest BCUT2D eigenvalue weighted by atomic mass is 16.3. The van der Waals surface area contributed by atoms with E-state index >= 15 is 0 Å². The van der Waals surface area contributed by atoms with Gasteiger partial charge in [0.2, 0.25) is 0 Å². The van der Waals surface area contributed by atoms with Crippen LogP contribution in [0, 0.1) is 0 Å². The number of furan rings is 1. The Bertz CT molecular complexity index is 328. The minimum Gasteiger partial charge on any atom is -0.468 e. The molecular formula is C15H26N2O. The Labute approximate surface area is 111 Å². The molecule has 3 nitrogen and oxygen atoms in total. The lowest BCUT2D eigenvalue weighted by Crippen LogP contribution is -2.46. The SMILES string of the molecule is CC(C)N(CC1CCCCN1)C(C)c1ccco1. The molecule has 0 bridgehead atoms. The highest BCUT2D eigenvalue weighted by Crippen LogP contribution is 2.24. The zero-order valence-electron chi connectivity index (χ0n) is 11.9. The Hall–Kier alpha value is -0.800. The predicted molar refractivity (Wildman–Crippen MR) is 74.6 cm³/mol. The van der Waals surface area contributed by atoms with Crippen molar-refractivity contribution in [2.24, 2.45) is 0 Å².